The number of aromatic nitrogens is 1. The van der Waals surface area contributed by atoms with Crippen molar-refractivity contribution < 1.29 is 8.42 Å². The van der Waals surface area contributed by atoms with Crippen molar-refractivity contribution in [2.45, 2.75) is 31.3 Å². The Morgan fingerprint density at radius 1 is 1.07 bits per heavy atom. The molecule has 2 aliphatic rings. The van der Waals surface area contributed by atoms with Crippen LogP contribution in [-0.4, -0.2) is 60.6 Å². The zero-order chi connectivity index (χ0) is 19.8. The summed E-state index contributed by atoms with van der Waals surface area (Å²) in [5.74, 6) is 0. The summed E-state index contributed by atoms with van der Waals surface area (Å²) >= 11 is 0. The van der Waals surface area contributed by atoms with E-state index in [1.54, 1.807) is 18.4 Å². The van der Waals surface area contributed by atoms with E-state index in [1.807, 2.05) is 18.3 Å². The summed E-state index contributed by atoms with van der Waals surface area (Å²) in [5, 5.41) is 0. The average molecular weight is 401 g/mol. The number of rotatable bonds is 4. The minimum atomic E-state index is -3.35. The number of benzene rings is 1. The van der Waals surface area contributed by atoms with E-state index in [9.17, 15) is 8.42 Å². The van der Waals surface area contributed by atoms with Gasteiger partial charge in [0.25, 0.3) is 10.2 Å². The molecule has 1 saturated heterocycles. The maximum Gasteiger partial charge on any atom is 0.281 e. The number of nitrogens with zero attached hydrogens (tertiary/aromatic N) is 4. The predicted molar refractivity (Wildman–Crippen MR) is 110 cm³/mol. The lowest BCUT2D eigenvalue weighted by Gasteiger charge is -2.48. The van der Waals surface area contributed by atoms with Crippen molar-refractivity contribution in [1.29, 1.82) is 0 Å². The second-order valence-corrected chi connectivity index (χ2v) is 10.2. The fourth-order valence-corrected chi connectivity index (χ4v) is 5.73. The lowest BCUT2D eigenvalue weighted by molar-refractivity contribution is 0.119. The van der Waals surface area contributed by atoms with E-state index in [1.165, 1.54) is 15.4 Å². The summed E-state index contributed by atoms with van der Waals surface area (Å²) in [7, 11) is -0.149. The monoisotopic (exact) mass is 400 g/mol. The Labute approximate surface area is 168 Å². The van der Waals surface area contributed by atoms with Gasteiger partial charge in [-0.25, -0.2) is 0 Å². The Balaban J connectivity index is 1.59. The second-order valence-electron chi connectivity index (χ2n) is 8.09. The van der Waals surface area contributed by atoms with Crippen LogP contribution in [0.15, 0.2) is 48.7 Å². The van der Waals surface area contributed by atoms with E-state index in [-0.39, 0.29) is 5.41 Å². The minimum absolute atomic E-state index is 0.00194. The van der Waals surface area contributed by atoms with Gasteiger partial charge in [-0.05, 0) is 36.1 Å². The molecule has 0 saturated carbocycles. The van der Waals surface area contributed by atoms with Gasteiger partial charge < -0.3 is 0 Å². The van der Waals surface area contributed by atoms with Gasteiger partial charge >= 0.3 is 0 Å². The van der Waals surface area contributed by atoms with E-state index in [4.69, 9.17) is 0 Å². The summed E-state index contributed by atoms with van der Waals surface area (Å²) in [6.45, 7) is 3.79. The molecule has 2 aromatic rings. The van der Waals surface area contributed by atoms with Gasteiger partial charge in [0, 0.05) is 58.4 Å². The van der Waals surface area contributed by atoms with Crippen molar-refractivity contribution in [1.82, 2.24) is 18.5 Å². The smallest absolute Gasteiger partial charge is 0.281 e. The first-order valence-electron chi connectivity index (χ1n) is 9.79. The number of piperidine rings is 1. The van der Waals surface area contributed by atoms with Crippen LogP contribution in [0.3, 0.4) is 0 Å². The first-order chi connectivity index (χ1) is 13.4. The highest BCUT2D eigenvalue weighted by molar-refractivity contribution is 7.86. The third-order valence-corrected chi connectivity index (χ3v) is 8.03. The first kappa shape index (κ1) is 19.5. The van der Waals surface area contributed by atoms with Crippen molar-refractivity contribution in [3.05, 3.63) is 65.5 Å². The highest BCUT2D eigenvalue weighted by atomic mass is 32.2. The van der Waals surface area contributed by atoms with E-state index >= 15 is 0 Å². The zero-order valence-electron chi connectivity index (χ0n) is 16.6. The van der Waals surface area contributed by atoms with E-state index in [0.29, 0.717) is 13.1 Å². The van der Waals surface area contributed by atoms with Crippen LogP contribution in [0.4, 0.5) is 0 Å². The Morgan fingerprint density at radius 3 is 2.46 bits per heavy atom. The molecule has 0 aliphatic carbocycles. The SMILES string of the molecule is CN(C)S(=O)(=O)N1CCC2(CC1)CN(Cc1ccccn1)Cc1ccccc12. The molecule has 1 aromatic heterocycles. The molecule has 0 atom stereocenters. The molecule has 0 amide bonds. The third kappa shape index (κ3) is 3.59. The molecule has 28 heavy (non-hydrogen) atoms. The van der Waals surface area contributed by atoms with Crippen molar-refractivity contribution in [2.75, 3.05) is 33.7 Å². The van der Waals surface area contributed by atoms with Crippen molar-refractivity contribution in [2.24, 2.45) is 0 Å². The van der Waals surface area contributed by atoms with Crippen molar-refractivity contribution >= 4 is 10.2 Å². The Hall–Kier alpha value is -1.80. The molecule has 1 spiro atoms. The largest absolute Gasteiger partial charge is 0.292 e. The molecule has 0 bridgehead atoms. The molecule has 1 aromatic carbocycles. The molecular weight excluding hydrogens is 372 g/mol. The first-order valence-corrected chi connectivity index (χ1v) is 11.2. The molecule has 0 radical (unpaired) electrons. The van der Waals surface area contributed by atoms with Gasteiger partial charge in [-0.15, -0.1) is 0 Å². The van der Waals surface area contributed by atoms with Gasteiger partial charge in [0.2, 0.25) is 0 Å². The molecular formula is C21H28N4O2S. The maximum absolute atomic E-state index is 12.5. The Kier molecular flexibility index (Phi) is 5.26. The number of pyridine rings is 1. The third-order valence-electron chi connectivity index (χ3n) is 6.09. The molecule has 0 N–H and O–H groups in total. The van der Waals surface area contributed by atoms with Crippen LogP contribution in [0.1, 0.15) is 29.7 Å². The van der Waals surface area contributed by atoms with Crippen molar-refractivity contribution in [3.63, 3.8) is 0 Å². The fourth-order valence-electron chi connectivity index (χ4n) is 4.62. The molecule has 3 heterocycles. The fraction of sp³-hybridized carbons (Fsp3) is 0.476. The van der Waals surface area contributed by atoms with Crippen LogP contribution in [0.25, 0.3) is 0 Å². The average Bonchev–Trinajstić information content (AvgIpc) is 2.69. The van der Waals surface area contributed by atoms with Gasteiger partial charge in [0.05, 0.1) is 5.69 Å². The van der Waals surface area contributed by atoms with E-state index in [2.05, 4.69) is 40.2 Å². The highest BCUT2D eigenvalue weighted by Gasteiger charge is 2.44. The van der Waals surface area contributed by atoms with Crippen molar-refractivity contribution in [3.8, 4) is 0 Å². The maximum atomic E-state index is 12.5. The Bertz CT molecular complexity index is 922. The Morgan fingerprint density at radius 2 is 1.79 bits per heavy atom. The van der Waals surface area contributed by atoms with Gasteiger partial charge in [-0.3, -0.25) is 9.88 Å². The van der Waals surface area contributed by atoms with Crippen LogP contribution in [0, 0.1) is 0 Å². The lowest BCUT2D eigenvalue weighted by Crippen LogP contribution is -2.54. The second kappa shape index (κ2) is 7.55. The van der Waals surface area contributed by atoms with Crippen LogP contribution in [0.2, 0.25) is 0 Å². The highest BCUT2D eigenvalue weighted by Crippen LogP contribution is 2.42. The summed E-state index contributed by atoms with van der Waals surface area (Å²) in [4.78, 5) is 6.95. The minimum Gasteiger partial charge on any atom is -0.292 e. The normalized spacial score (nSPS) is 20.4. The van der Waals surface area contributed by atoms with Gasteiger partial charge in [-0.1, -0.05) is 30.3 Å². The van der Waals surface area contributed by atoms with Crippen LogP contribution < -0.4 is 0 Å². The zero-order valence-corrected chi connectivity index (χ0v) is 17.4. The van der Waals surface area contributed by atoms with Crippen LogP contribution >= 0.6 is 0 Å². The predicted octanol–water partition coefficient (Wildman–Crippen LogP) is 2.24. The molecule has 2 aliphatic heterocycles. The summed E-state index contributed by atoms with van der Waals surface area (Å²) in [6, 6.07) is 14.7. The van der Waals surface area contributed by atoms with E-state index < -0.39 is 10.2 Å². The van der Waals surface area contributed by atoms with Gasteiger partial charge in [0.1, 0.15) is 0 Å². The quantitative estimate of drug-likeness (QED) is 0.790. The number of hydrogen-bond acceptors (Lipinski definition) is 4. The number of fused-ring (bicyclic) bond motifs is 2. The molecule has 4 rings (SSSR count). The van der Waals surface area contributed by atoms with Gasteiger partial charge in [0.15, 0.2) is 0 Å². The molecule has 6 nitrogen and oxygen atoms in total. The summed E-state index contributed by atoms with van der Waals surface area (Å²) in [6.07, 6.45) is 3.53. The van der Waals surface area contributed by atoms with Crippen LogP contribution in [-0.2, 0) is 28.7 Å². The van der Waals surface area contributed by atoms with Crippen LogP contribution in [0.5, 0.6) is 0 Å². The summed E-state index contributed by atoms with van der Waals surface area (Å²) in [5.41, 5.74) is 3.83. The molecule has 1 fully saturated rings. The molecule has 7 heteroatoms. The lowest BCUT2D eigenvalue weighted by atomic mass is 9.69. The number of hydrogen-bond donors (Lipinski definition) is 0. The van der Waals surface area contributed by atoms with Gasteiger partial charge in [-0.2, -0.15) is 17.0 Å². The topological polar surface area (TPSA) is 56.8 Å². The molecule has 150 valence electrons. The summed E-state index contributed by atoms with van der Waals surface area (Å²) < 4.78 is 28.0. The molecule has 0 unspecified atom stereocenters. The standard InChI is InChI=1S/C21H28N4O2S/c1-23(2)28(26,27)25-13-10-21(11-14-25)17-24(16-19-8-5-6-12-22-19)15-18-7-3-4-9-20(18)21/h3-9,12H,10-11,13-17H2,1-2H3. The van der Waals surface area contributed by atoms with E-state index in [0.717, 1.165) is 38.2 Å².